The lowest BCUT2D eigenvalue weighted by Crippen LogP contribution is -2.26. The van der Waals surface area contributed by atoms with Crippen molar-refractivity contribution < 1.29 is 26.0 Å². The summed E-state index contributed by atoms with van der Waals surface area (Å²) in [6.07, 6.45) is 2.40. The first-order valence-corrected chi connectivity index (χ1v) is 7.97. The number of alkyl halides is 3. The number of halogens is 4. The predicted molar refractivity (Wildman–Crippen MR) is 70.1 cm³/mol. The summed E-state index contributed by atoms with van der Waals surface area (Å²) in [6.45, 7) is 2.01. The topological polar surface area (TPSA) is 46.2 Å². The summed E-state index contributed by atoms with van der Waals surface area (Å²) in [7, 11) is -5.59. The third-order valence-electron chi connectivity index (χ3n) is 3.59. The third kappa shape index (κ3) is 3.30. The van der Waals surface area contributed by atoms with Crippen molar-refractivity contribution in [2.24, 2.45) is 5.92 Å². The van der Waals surface area contributed by atoms with Gasteiger partial charge < -0.3 is 5.32 Å². The van der Waals surface area contributed by atoms with Crippen LogP contribution in [0.1, 0.15) is 26.2 Å². The molecule has 2 atom stereocenters. The Morgan fingerprint density at radius 3 is 2.43 bits per heavy atom. The van der Waals surface area contributed by atoms with Gasteiger partial charge in [0.05, 0.1) is 5.69 Å². The Kier molecular flexibility index (Phi) is 4.19. The minimum atomic E-state index is -5.59. The second-order valence-corrected chi connectivity index (χ2v) is 7.26. The van der Waals surface area contributed by atoms with E-state index in [2.05, 4.69) is 5.32 Å². The molecule has 1 saturated carbocycles. The van der Waals surface area contributed by atoms with Crippen molar-refractivity contribution >= 4 is 15.5 Å². The lowest BCUT2D eigenvalue weighted by molar-refractivity contribution is -0.0435. The Hall–Kier alpha value is -1.31. The molecule has 2 rings (SSSR count). The first kappa shape index (κ1) is 16.1. The highest BCUT2D eigenvalue weighted by atomic mass is 32.2. The molecule has 0 heterocycles. The summed E-state index contributed by atoms with van der Waals surface area (Å²) in [5, 5.41) is 2.80. The molecule has 8 heteroatoms. The van der Waals surface area contributed by atoms with E-state index >= 15 is 0 Å². The lowest BCUT2D eigenvalue weighted by atomic mass is 10.1. The molecule has 1 aromatic carbocycles. The van der Waals surface area contributed by atoms with E-state index in [-0.39, 0.29) is 11.7 Å². The molecule has 118 valence electrons. The van der Waals surface area contributed by atoms with Gasteiger partial charge in [-0.15, -0.1) is 0 Å². The van der Waals surface area contributed by atoms with E-state index in [1.807, 2.05) is 6.92 Å². The second-order valence-electron chi connectivity index (χ2n) is 5.35. The molecule has 1 aliphatic rings. The highest BCUT2D eigenvalue weighted by Gasteiger charge is 2.48. The second kappa shape index (κ2) is 5.47. The van der Waals surface area contributed by atoms with Crippen LogP contribution in [0.15, 0.2) is 23.1 Å². The van der Waals surface area contributed by atoms with Crippen molar-refractivity contribution in [1.29, 1.82) is 0 Å². The van der Waals surface area contributed by atoms with Crippen LogP contribution in [0.2, 0.25) is 0 Å². The fourth-order valence-corrected chi connectivity index (χ4v) is 3.45. The molecule has 0 aliphatic heterocycles. The van der Waals surface area contributed by atoms with E-state index in [1.165, 1.54) is 0 Å². The lowest BCUT2D eigenvalue weighted by Gasteiger charge is -2.18. The van der Waals surface area contributed by atoms with Crippen LogP contribution in [-0.4, -0.2) is 20.0 Å². The Morgan fingerprint density at radius 2 is 1.90 bits per heavy atom. The van der Waals surface area contributed by atoms with Gasteiger partial charge in [-0.1, -0.05) is 6.92 Å². The van der Waals surface area contributed by atoms with E-state index in [0.717, 1.165) is 31.4 Å². The maximum atomic E-state index is 13.2. The van der Waals surface area contributed by atoms with Crippen LogP contribution < -0.4 is 5.32 Å². The number of benzene rings is 1. The zero-order chi connectivity index (χ0) is 15.8. The summed E-state index contributed by atoms with van der Waals surface area (Å²) in [5.74, 6) is -0.603. The van der Waals surface area contributed by atoms with Gasteiger partial charge >= 0.3 is 5.51 Å². The highest BCUT2D eigenvalue weighted by molar-refractivity contribution is 7.92. The van der Waals surface area contributed by atoms with Crippen molar-refractivity contribution in [1.82, 2.24) is 0 Å². The van der Waals surface area contributed by atoms with Crippen LogP contribution in [-0.2, 0) is 9.84 Å². The van der Waals surface area contributed by atoms with Gasteiger partial charge in [-0.2, -0.15) is 13.2 Å². The van der Waals surface area contributed by atoms with Crippen LogP contribution in [0.5, 0.6) is 0 Å². The maximum Gasteiger partial charge on any atom is 0.501 e. The van der Waals surface area contributed by atoms with Crippen LogP contribution in [0.25, 0.3) is 0 Å². The van der Waals surface area contributed by atoms with Crippen LogP contribution in [0, 0.1) is 11.7 Å². The molecule has 21 heavy (non-hydrogen) atoms. The minimum Gasteiger partial charge on any atom is -0.381 e. The molecule has 0 aromatic heterocycles. The zero-order valence-corrected chi connectivity index (χ0v) is 12.1. The number of hydrogen-bond donors (Lipinski definition) is 1. The Balaban J connectivity index is 2.39. The third-order valence-corrected chi connectivity index (χ3v) is 5.12. The zero-order valence-electron chi connectivity index (χ0n) is 11.2. The molecule has 0 radical (unpaired) electrons. The number of rotatable bonds is 3. The number of anilines is 1. The summed E-state index contributed by atoms with van der Waals surface area (Å²) in [5.41, 5.74) is -5.66. The summed E-state index contributed by atoms with van der Waals surface area (Å²) < 4.78 is 74.3. The van der Waals surface area contributed by atoms with Gasteiger partial charge in [0.15, 0.2) is 0 Å². The average molecular weight is 325 g/mol. The van der Waals surface area contributed by atoms with Gasteiger partial charge in [-0.05, 0) is 43.4 Å². The minimum absolute atomic E-state index is 0.104. The van der Waals surface area contributed by atoms with E-state index in [1.54, 1.807) is 0 Å². The largest absolute Gasteiger partial charge is 0.501 e. The van der Waals surface area contributed by atoms with Gasteiger partial charge in [0.25, 0.3) is 9.84 Å². The van der Waals surface area contributed by atoms with E-state index in [4.69, 9.17) is 0 Å². The quantitative estimate of drug-likeness (QED) is 0.862. The van der Waals surface area contributed by atoms with Gasteiger partial charge in [0.1, 0.15) is 10.7 Å². The molecule has 1 N–H and O–H groups in total. The van der Waals surface area contributed by atoms with Gasteiger partial charge in [-0.25, -0.2) is 12.8 Å². The molecule has 1 fully saturated rings. The molecule has 0 amide bonds. The summed E-state index contributed by atoms with van der Waals surface area (Å²) in [6, 6.07) is 2.28. The molecule has 0 bridgehead atoms. The van der Waals surface area contributed by atoms with Gasteiger partial charge in [-0.3, -0.25) is 0 Å². The smallest absolute Gasteiger partial charge is 0.381 e. The monoisotopic (exact) mass is 325 g/mol. The molecule has 0 spiro atoms. The van der Waals surface area contributed by atoms with Crippen molar-refractivity contribution in [3.8, 4) is 0 Å². The molecule has 1 aliphatic carbocycles. The van der Waals surface area contributed by atoms with Crippen molar-refractivity contribution in [2.45, 2.75) is 42.6 Å². The van der Waals surface area contributed by atoms with Crippen molar-refractivity contribution in [3.63, 3.8) is 0 Å². The molecular weight excluding hydrogens is 310 g/mol. The number of nitrogens with one attached hydrogen (secondary N) is 1. The normalized spacial score (nSPS) is 23.3. The summed E-state index contributed by atoms with van der Waals surface area (Å²) >= 11 is 0. The van der Waals surface area contributed by atoms with Gasteiger partial charge in [0.2, 0.25) is 0 Å². The van der Waals surface area contributed by atoms with E-state index in [9.17, 15) is 26.0 Å². The summed E-state index contributed by atoms with van der Waals surface area (Å²) in [4.78, 5) is -1.06. The fourth-order valence-electron chi connectivity index (χ4n) is 2.52. The average Bonchev–Trinajstić information content (AvgIpc) is 2.75. The first-order chi connectivity index (χ1) is 9.61. The fraction of sp³-hybridized carbons (Fsp3) is 0.538. The van der Waals surface area contributed by atoms with E-state index < -0.39 is 26.1 Å². The SMILES string of the molecule is CC1CCC(Nc2ccc(F)cc2S(=O)(=O)C(F)(F)F)C1. The number of hydrogen-bond acceptors (Lipinski definition) is 3. The Labute approximate surface area is 120 Å². The highest BCUT2D eigenvalue weighted by Crippen LogP contribution is 2.36. The van der Waals surface area contributed by atoms with Crippen LogP contribution in [0.4, 0.5) is 23.2 Å². The van der Waals surface area contributed by atoms with Gasteiger partial charge in [0, 0.05) is 6.04 Å². The maximum absolute atomic E-state index is 13.2. The predicted octanol–water partition coefficient (Wildman–Crippen LogP) is 3.72. The van der Waals surface area contributed by atoms with Crippen LogP contribution >= 0.6 is 0 Å². The molecule has 1 aromatic rings. The molecule has 0 saturated heterocycles. The molecular formula is C13H15F4NO2S. The van der Waals surface area contributed by atoms with E-state index in [0.29, 0.717) is 12.0 Å². The van der Waals surface area contributed by atoms with Crippen molar-refractivity contribution in [2.75, 3.05) is 5.32 Å². The molecule has 2 unspecified atom stereocenters. The first-order valence-electron chi connectivity index (χ1n) is 6.48. The molecule has 3 nitrogen and oxygen atoms in total. The number of sulfone groups is 1. The van der Waals surface area contributed by atoms with Crippen molar-refractivity contribution in [3.05, 3.63) is 24.0 Å². The Bertz CT molecular complexity index is 628. The standard InChI is InChI=1S/C13H15F4NO2S/c1-8-2-4-10(6-8)18-11-5-3-9(14)7-12(11)21(19,20)13(15,16)17/h3,5,7-8,10,18H,2,4,6H2,1H3. The Morgan fingerprint density at radius 1 is 1.24 bits per heavy atom. The van der Waals surface area contributed by atoms with Crippen LogP contribution in [0.3, 0.4) is 0 Å².